The number of hydrogen-bond acceptors (Lipinski definition) is 5. The lowest BCUT2D eigenvalue weighted by Crippen LogP contribution is -2.37. The third-order valence-electron chi connectivity index (χ3n) is 4.24. The lowest BCUT2D eigenvalue weighted by Gasteiger charge is -2.29. The minimum atomic E-state index is 0.0925. The van der Waals surface area contributed by atoms with Gasteiger partial charge in [0.2, 0.25) is 0 Å². The molecule has 1 fully saturated rings. The van der Waals surface area contributed by atoms with Gasteiger partial charge in [0.15, 0.2) is 5.82 Å². The van der Waals surface area contributed by atoms with E-state index in [1.807, 2.05) is 18.4 Å². The molecule has 1 aliphatic rings. The molecule has 1 aromatic carbocycles. The van der Waals surface area contributed by atoms with Gasteiger partial charge in [0.25, 0.3) is 0 Å². The predicted octanol–water partition coefficient (Wildman–Crippen LogP) is 4.45. The van der Waals surface area contributed by atoms with Gasteiger partial charge in [-0.15, -0.1) is 11.8 Å². The Kier molecular flexibility index (Phi) is 5.56. The first-order valence-corrected chi connectivity index (χ1v) is 9.97. The Hall–Kier alpha value is -1.30. The van der Waals surface area contributed by atoms with Crippen molar-refractivity contribution < 1.29 is 4.74 Å². The molecule has 2 heterocycles. The van der Waals surface area contributed by atoms with Crippen molar-refractivity contribution in [1.29, 1.82) is 0 Å². The maximum Gasteiger partial charge on any atom is 0.163 e. The van der Waals surface area contributed by atoms with Crippen LogP contribution in [0.4, 0.5) is 5.82 Å². The number of anilines is 1. The van der Waals surface area contributed by atoms with Crippen LogP contribution in [0.3, 0.4) is 0 Å². The molecule has 2 aromatic rings. The molecule has 3 rings (SSSR count). The highest BCUT2D eigenvalue weighted by Gasteiger charge is 2.21. The summed E-state index contributed by atoms with van der Waals surface area (Å²) in [5, 5.41) is 0.493. The van der Waals surface area contributed by atoms with Crippen LogP contribution in [0.15, 0.2) is 23.1 Å². The van der Waals surface area contributed by atoms with Crippen LogP contribution in [-0.2, 0) is 10.2 Å². The van der Waals surface area contributed by atoms with Crippen molar-refractivity contribution >= 4 is 29.2 Å². The molecule has 0 atom stereocenters. The number of ether oxygens (including phenoxy) is 1. The average Bonchev–Trinajstić information content (AvgIpc) is 2.61. The molecular formula is C19H23ClN3OS. The molecule has 0 amide bonds. The van der Waals surface area contributed by atoms with E-state index in [1.165, 1.54) is 5.56 Å². The summed E-state index contributed by atoms with van der Waals surface area (Å²) in [6.45, 7) is 9.60. The highest BCUT2D eigenvalue weighted by atomic mass is 35.5. The SMILES string of the molecule is CSc1c(Cl)nc(-c2[c]cc(C(C)(C)C)cc2)nc1N1CCOCC1. The summed E-state index contributed by atoms with van der Waals surface area (Å²) in [5.41, 5.74) is 2.18. The number of halogens is 1. The molecule has 0 aliphatic carbocycles. The Balaban J connectivity index is 2.00. The molecule has 0 unspecified atom stereocenters. The average molecular weight is 377 g/mol. The Morgan fingerprint density at radius 2 is 1.92 bits per heavy atom. The van der Waals surface area contributed by atoms with Crippen LogP contribution in [0.2, 0.25) is 5.15 Å². The van der Waals surface area contributed by atoms with Gasteiger partial charge in [0, 0.05) is 18.7 Å². The fraction of sp³-hybridized carbons (Fsp3) is 0.474. The van der Waals surface area contributed by atoms with E-state index in [4.69, 9.17) is 21.3 Å². The summed E-state index contributed by atoms with van der Waals surface area (Å²) in [7, 11) is 0. The van der Waals surface area contributed by atoms with Gasteiger partial charge in [-0.05, 0) is 29.4 Å². The monoisotopic (exact) mass is 376 g/mol. The maximum atomic E-state index is 6.46. The van der Waals surface area contributed by atoms with E-state index in [2.05, 4.69) is 42.8 Å². The molecule has 0 N–H and O–H groups in total. The summed E-state index contributed by atoms with van der Waals surface area (Å²) in [5.74, 6) is 1.50. The number of benzene rings is 1. The van der Waals surface area contributed by atoms with E-state index in [1.54, 1.807) is 11.8 Å². The Morgan fingerprint density at radius 1 is 1.20 bits per heavy atom. The second-order valence-electron chi connectivity index (χ2n) is 7.04. The number of morpholine rings is 1. The van der Waals surface area contributed by atoms with Gasteiger partial charge in [0.1, 0.15) is 11.0 Å². The zero-order valence-corrected chi connectivity index (χ0v) is 16.7. The van der Waals surface area contributed by atoms with Crippen molar-refractivity contribution in [2.45, 2.75) is 31.1 Å². The van der Waals surface area contributed by atoms with Crippen molar-refractivity contribution in [2.24, 2.45) is 0 Å². The molecule has 1 aliphatic heterocycles. The Morgan fingerprint density at radius 3 is 2.48 bits per heavy atom. The van der Waals surface area contributed by atoms with Crippen molar-refractivity contribution in [3.8, 4) is 11.4 Å². The molecule has 0 bridgehead atoms. The second kappa shape index (κ2) is 7.52. The number of hydrogen-bond donors (Lipinski definition) is 0. The minimum absolute atomic E-state index is 0.0925. The molecule has 1 saturated heterocycles. The summed E-state index contributed by atoms with van der Waals surface area (Å²) in [6, 6.07) is 9.47. The van der Waals surface area contributed by atoms with E-state index < -0.39 is 0 Å². The van der Waals surface area contributed by atoms with Crippen LogP contribution in [0, 0.1) is 6.07 Å². The summed E-state index contributed by atoms with van der Waals surface area (Å²) >= 11 is 8.04. The molecule has 0 saturated carbocycles. The Bertz CT molecular complexity index is 738. The zero-order valence-electron chi connectivity index (χ0n) is 15.1. The van der Waals surface area contributed by atoms with Crippen LogP contribution < -0.4 is 4.90 Å². The molecule has 1 radical (unpaired) electrons. The fourth-order valence-electron chi connectivity index (χ4n) is 2.73. The van der Waals surface area contributed by atoms with Crippen LogP contribution in [0.25, 0.3) is 11.4 Å². The van der Waals surface area contributed by atoms with Crippen molar-refractivity contribution in [2.75, 3.05) is 37.5 Å². The number of rotatable bonds is 3. The Labute approximate surface area is 159 Å². The second-order valence-corrected chi connectivity index (χ2v) is 8.21. The molecule has 6 heteroatoms. The van der Waals surface area contributed by atoms with Crippen LogP contribution in [0.1, 0.15) is 26.3 Å². The number of aromatic nitrogens is 2. The molecule has 133 valence electrons. The predicted molar refractivity (Wildman–Crippen MR) is 105 cm³/mol. The quantitative estimate of drug-likeness (QED) is 0.584. The van der Waals surface area contributed by atoms with Gasteiger partial charge in [0.05, 0.1) is 18.1 Å². The molecule has 4 nitrogen and oxygen atoms in total. The van der Waals surface area contributed by atoms with E-state index in [9.17, 15) is 0 Å². The molecule has 0 spiro atoms. The number of thioether (sulfide) groups is 1. The van der Waals surface area contributed by atoms with Gasteiger partial charge in [-0.3, -0.25) is 0 Å². The lowest BCUT2D eigenvalue weighted by molar-refractivity contribution is 0.122. The standard InChI is InChI=1S/C19H23ClN3OS/c1-19(2,3)14-7-5-13(6-8-14)17-21-16(20)15(25-4)18(22-17)23-9-11-24-12-10-23/h5,7-8H,9-12H2,1-4H3. The van der Waals surface area contributed by atoms with Crippen molar-refractivity contribution in [1.82, 2.24) is 9.97 Å². The highest BCUT2D eigenvalue weighted by molar-refractivity contribution is 7.98. The summed E-state index contributed by atoms with van der Waals surface area (Å²) < 4.78 is 5.45. The number of nitrogens with zero attached hydrogens (tertiary/aromatic N) is 3. The van der Waals surface area contributed by atoms with Crippen LogP contribution in [0.5, 0.6) is 0 Å². The first-order valence-electron chi connectivity index (χ1n) is 8.37. The molecule has 1 aromatic heterocycles. The summed E-state index contributed by atoms with van der Waals surface area (Å²) in [6.07, 6.45) is 2.00. The smallest absolute Gasteiger partial charge is 0.163 e. The summed E-state index contributed by atoms with van der Waals surface area (Å²) in [4.78, 5) is 12.5. The normalized spacial score (nSPS) is 15.5. The van der Waals surface area contributed by atoms with Crippen molar-refractivity contribution in [3.63, 3.8) is 0 Å². The van der Waals surface area contributed by atoms with Crippen LogP contribution in [-0.4, -0.2) is 42.5 Å². The van der Waals surface area contributed by atoms with Gasteiger partial charge in [-0.25, -0.2) is 9.97 Å². The third kappa shape index (κ3) is 4.10. The third-order valence-corrected chi connectivity index (χ3v) is 5.41. The molecule has 25 heavy (non-hydrogen) atoms. The fourth-order valence-corrected chi connectivity index (χ4v) is 3.70. The van der Waals surface area contributed by atoms with E-state index in [0.717, 1.165) is 29.4 Å². The van der Waals surface area contributed by atoms with E-state index in [-0.39, 0.29) is 5.41 Å². The first-order chi connectivity index (χ1) is 11.9. The van der Waals surface area contributed by atoms with Crippen LogP contribution >= 0.6 is 23.4 Å². The highest BCUT2D eigenvalue weighted by Crippen LogP contribution is 2.35. The zero-order chi connectivity index (χ0) is 18.0. The van der Waals surface area contributed by atoms with E-state index >= 15 is 0 Å². The van der Waals surface area contributed by atoms with Gasteiger partial charge < -0.3 is 9.64 Å². The topological polar surface area (TPSA) is 38.2 Å². The largest absolute Gasteiger partial charge is 0.378 e. The maximum absolute atomic E-state index is 6.46. The van der Waals surface area contributed by atoms with Crippen molar-refractivity contribution in [3.05, 3.63) is 35.0 Å². The lowest BCUT2D eigenvalue weighted by atomic mass is 9.87. The van der Waals surface area contributed by atoms with Gasteiger partial charge >= 0.3 is 0 Å². The van der Waals surface area contributed by atoms with Gasteiger partial charge in [-0.2, -0.15) is 0 Å². The minimum Gasteiger partial charge on any atom is -0.378 e. The van der Waals surface area contributed by atoms with Gasteiger partial charge in [-0.1, -0.05) is 44.5 Å². The molecular weight excluding hydrogens is 354 g/mol. The first kappa shape index (κ1) is 18.5. The van der Waals surface area contributed by atoms with E-state index in [0.29, 0.717) is 24.2 Å².